The third kappa shape index (κ3) is 1.98. The predicted octanol–water partition coefficient (Wildman–Crippen LogP) is 0.582. The summed E-state index contributed by atoms with van der Waals surface area (Å²) in [7, 11) is 0. The molecule has 1 rings (SSSR count). The van der Waals surface area contributed by atoms with Gasteiger partial charge in [0.25, 0.3) is 0 Å². The first-order valence-electron chi connectivity index (χ1n) is 3.53. The topological polar surface area (TPSA) is 89.3 Å². The van der Waals surface area contributed by atoms with Gasteiger partial charge >= 0.3 is 5.97 Å². The minimum Gasteiger partial charge on any atom is -0.481 e. The van der Waals surface area contributed by atoms with E-state index in [9.17, 15) is 4.79 Å². The van der Waals surface area contributed by atoms with Crippen molar-refractivity contribution in [3.63, 3.8) is 0 Å². The highest BCUT2D eigenvalue weighted by molar-refractivity contribution is 5.66. The van der Waals surface area contributed by atoms with Gasteiger partial charge in [-0.25, -0.2) is 4.98 Å². The summed E-state index contributed by atoms with van der Waals surface area (Å²) in [4.78, 5) is 14.1. The minimum atomic E-state index is -0.871. The predicted molar refractivity (Wildman–Crippen MR) is 41.6 cm³/mol. The second-order valence-corrected chi connectivity index (χ2v) is 2.45. The summed E-state index contributed by atoms with van der Waals surface area (Å²) in [6, 6.07) is 0. The van der Waals surface area contributed by atoms with Gasteiger partial charge in [-0.2, -0.15) is 0 Å². The molecule has 0 aliphatic heterocycles. The number of oxazole rings is 1. The van der Waals surface area contributed by atoms with Crippen LogP contribution in [0.15, 0.2) is 4.42 Å². The molecule has 0 fully saturated rings. The number of nitrogens with zero attached hydrogens (tertiary/aromatic N) is 1. The van der Waals surface area contributed by atoms with E-state index in [0.29, 0.717) is 11.6 Å². The number of anilines is 1. The maximum Gasteiger partial charge on any atom is 0.303 e. The van der Waals surface area contributed by atoms with Crippen LogP contribution in [0.5, 0.6) is 0 Å². The van der Waals surface area contributed by atoms with Crippen molar-refractivity contribution in [2.45, 2.75) is 19.8 Å². The fraction of sp³-hybridized carbons (Fsp3) is 0.429. The number of nitrogens with two attached hydrogens (primary N) is 1. The highest BCUT2D eigenvalue weighted by Gasteiger charge is 2.07. The summed E-state index contributed by atoms with van der Waals surface area (Å²) < 4.78 is 4.97. The van der Waals surface area contributed by atoms with Crippen molar-refractivity contribution in [2.24, 2.45) is 0 Å². The van der Waals surface area contributed by atoms with E-state index in [4.69, 9.17) is 15.3 Å². The molecule has 0 amide bonds. The molecule has 0 saturated heterocycles. The van der Waals surface area contributed by atoms with E-state index in [1.54, 1.807) is 6.92 Å². The van der Waals surface area contributed by atoms with Crippen LogP contribution in [0, 0.1) is 6.92 Å². The Morgan fingerprint density at radius 2 is 2.42 bits per heavy atom. The van der Waals surface area contributed by atoms with Gasteiger partial charge in [-0.15, -0.1) is 0 Å². The van der Waals surface area contributed by atoms with Gasteiger partial charge in [0, 0.05) is 6.42 Å². The van der Waals surface area contributed by atoms with E-state index in [0.717, 1.165) is 0 Å². The Morgan fingerprint density at radius 3 is 2.83 bits per heavy atom. The first-order valence-corrected chi connectivity index (χ1v) is 3.53. The zero-order valence-electron chi connectivity index (χ0n) is 6.70. The molecule has 5 nitrogen and oxygen atoms in total. The Labute approximate surface area is 69.2 Å². The number of aryl methyl sites for hydroxylation is 2. The van der Waals surface area contributed by atoms with Crippen molar-refractivity contribution >= 4 is 11.9 Å². The number of hydrogen-bond donors (Lipinski definition) is 2. The van der Waals surface area contributed by atoms with E-state index in [1.807, 2.05) is 0 Å². The van der Waals surface area contributed by atoms with Gasteiger partial charge in [-0.05, 0) is 6.92 Å². The standard InChI is InChI=1S/C7H10N2O3/c1-4-7(8)12-5(9-4)2-3-6(10)11/h2-3,8H2,1H3,(H,10,11). The molecule has 0 aromatic carbocycles. The smallest absolute Gasteiger partial charge is 0.303 e. The number of carbonyl (C=O) groups is 1. The third-order valence-corrected chi connectivity index (χ3v) is 1.43. The van der Waals surface area contributed by atoms with E-state index in [1.165, 1.54) is 0 Å². The molecule has 0 unspecified atom stereocenters. The van der Waals surface area contributed by atoms with Crippen molar-refractivity contribution in [3.05, 3.63) is 11.6 Å². The number of aliphatic carboxylic acids is 1. The maximum absolute atomic E-state index is 10.2. The van der Waals surface area contributed by atoms with Crippen LogP contribution in [0.3, 0.4) is 0 Å². The SMILES string of the molecule is Cc1nc(CCC(=O)O)oc1N. The molecule has 1 heterocycles. The van der Waals surface area contributed by atoms with Gasteiger partial charge in [0.05, 0.1) is 6.42 Å². The van der Waals surface area contributed by atoms with Gasteiger partial charge in [0.1, 0.15) is 5.69 Å². The van der Waals surface area contributed by atoms with Crippen molar-refractivity contribution in [3.8, 4) is 0 Å². The molecule has 0 aliphatic rings. The first kappa shape index (κ1) is 8.58. The molecule has 1 aromatic heterocycles. The number of carboxylic acid groups (broad SMARTS) is 1. The fourth-order valence-electron chi connectivity index (χ4n) is 0.787. The summed E-state index contributed by atoms with van der Waals surface area (Å²) in [5, 5.41) is 8.35. The zero-order chi connectivity index (χ0) is 9.14. The van der Waals surface area contributed by atoms with E-state index in [-0.39, 0.29) is 18.7 Å². The van der Waals surface area contributed by atoms with E-state index >= 15 is 0 Å². The molecule has 0 atom stereocenters. The average molecular weight is 170 g/mol. The summed E-state index contributed by atoms with van der Waals surface area (Å²) in [6.07, 6.45) is 0.298. The molecular weight excluding hydrogens is 160 g/mol. The van der Waals surface area contributed by atoms with Gasteiger partial charge in [0.2, 0.25) is 5.88 Å². The molecule has 0 spiro atoms. The molecule has 0 saturated carbocycles. The number of nitrogen functional groups attached to an aromatic ring is 1. The minimum absolute atomic E-state index is 0.0133. The maximum atomic E-state index is 10.2. The first-order chi connectivity index (χ1) is 5.59. The Bertz CT molecular complexity index is 273. The monoisotopic (exact) mass is 170 g/mol. The summed E-state index contributed by atoms with van der Waals surface area (Å²) in [6.45, 7) is 1.71. The number of rotatable bonds is 3. The summed E-state index contributed by atoms with van der Waals surface area (Å²) >= 11 is 0. The number of hydrogen-bond acceptors (Lipinski definition) is 4. The van der Waals surface area contributed by atoms with Crippen molar-refractivity contribution in [2.75, 3.05) is 5.73 Å². The second-order valence-electron chi connectivity index (χ2n) is 2.45. The Kier molecular flexibility index (Phi) is 2.32. The quantitative estimate of drug-likeness (QED) is 0.692. The van der Waals surface area contributed by atoms with Crippen molar-refractivity contribution < 1.29 is 14.3 Å². The lowest BCUT2D eigenvalue weighted by molar-refractivity contribution is -0.137. The lowest BCUT2D eigenvalue weighted by Gasteiger charge is -1.88. The van der Waals surface area contributed by atoms with Crippen LogP contribution in [0.1, 0.15) is 18.0 Å². The number of aromatic nitrogens is 1. The van der Waals surface area contributed by atoms with Gasteiger partial charge in [0.15, 0.2) is 5.89 Å². The molecule has 1 aromatic rings. The van der Waals surface area contributed by atoms with E-state index in [2.05, 4.69) is 4.98 Å². The molecule has 66 valence electrons. The van der Waals surface area contributed by atoms with Gasteiger partial charge in [-0.3, -0.25) is 4.79 Å². The van der Waals surface area contributed by atoms with Crippen LogP contribution in [-0.4, -0.2) is 16.1 Å². The third-order valence-electron chi connectivity index (χ3n) is 1.43. The molecule has 0 bridgehead atoms. The van der Waals surface area contributed by atoms with Crippen LogP contribution in [0.4, 0.5) is 5.88 Å². The molecule has 5 heteroatoms. The molecule has 12 heavy (non-hydrogen) atoms. The van der Waals surface area contributed by atoms with Crippen LogP contribution in [-0.2, 0) is 11.2 Å². The van der Waals surface area contributed by atoms with Crippen molar-refractivity contribution in [1.29, 1.82) is 0 Å². The molecule has 0 radical (unpaired) electrons. The highest BCUT2D eigenvalue weighted by Crippen LogP contribution is 2.12. The number of carboxylic acids is 1. The lowest BCUT2D eigenvalue weighted by atomic mass is 10.3. The molecule has 3 N–H and O–H groups in total. The summed E-state index contributed by atoms with van der Waals surface area (Å²) in [5.41, 5.74) is 5.98. The van der Waals surface area contributed by atoms with Gasteiger partial charge < -0.3 is 15.3 Å². The van der Waals surface area contributed by atoms with Crippen LogP contribution >= 0.6 is 0 Å². The Morgan fingerprint density at radius 1 is 1.75 bits per heavy atom. The van der Waals surface area contributed by atoms with Gasteiger partial charge in [-0.1, -0.05) is 0 Å². The normalized spacial score (nSPS) is 10.1. The average Bonchev–Trinajstić information content (AvgIpc) is 2.28. The zero-order valence-corrected chi connectivity index (χ0v) is 6.70. The Hall–Kier alpha value is -1.52. The largest absolute Gasteiger partial charge is 0.481 e. The molecular formula is C7H10N2O3. The fourth-order valence-corrected chi connectivity index (χ4v) is 0.787. The lowest BCUT2D eigenvalue weighted by Crippen LogP contribution is -1.97. The van der Waals surface area contributed by atoms with Crippen LogP contribution in [0.25, 0.3) is 0 Å². The second kappa shape index (κ2) is 3.25. The van der Waals surface area contributed by atoms with Crippen molar-refractivity contribution in [1.82, 2.24) is 4.98 Å². The van der Waals surface area contributed by atoms with Crippen LogP contribution < -0.4 is 5.73 Å². The highest BCUT2D eigenvalue weighted by atomic mass is 16.4. The Balaban J connectivity index is 2.58. The van der Waals surface area contributed by atoms with Crippen LogP contribution in [0.2, 0.25) is 0 Å². The molecule has 0 aliphatic carbocycles. The summed E-state index contributed by atoms with van der Waals surface area (Å²) in [5.74, 6) is -0.229. The van der Waals surface area contributed by atoms with E-state index < -0.39 is 5.97 Å².